The van der Waals surface area contributed by atoms with E-state index in [1.807, 2.05) is 0 Å². The highest BCUT2D eigenvalue weighted by Crippen LogP contribution is 2.37. The zero-order valence-corrected chi connectivity index (χ0v) is 12.9. The summed E-state index contributed by atoms with van der Waals surface area (Å²) in [6.45, 7) is 6.80. The van der Waals surface area contributed by atoms with Crippen molar-refractivity contribution in [2.75, 3.05) is 13.1 Å². The van der Waals surface area contributed by atoms with Crippen LogP contribution in [0.2, 0.25) is 0 Å². The monoisotopic (exact) mass is 272 g/mol. The van der Waals surface area contributed by atoms with E-state index >= 15 is 0 Å². The number of benzene rings is 1. The molecule has 110 valence electrons. The lowest BCUT2D eigenvalue weighted by Crippen LogP contribution is -2.47. The zero-order chi connectivity index (χ0) is 13.9. The van der Waals surface area contributed by atoms with Gasteiger partial charge in [-0.1, -0.05) is 51.0 Å². The first-order valence-electron chi connectivity index (χ1n) is 8.42. The second kappa shape index (κ2) is 6.28. The van der Waals surface area contributed by atoms with Gasteiger partial charge in [0.2, 0.25) is 0 Å². The normalized spacial score (nSPS) is 26.4. The highest BCUT2D eigenvalue weighted by Gasteiger charge is 2.38. The molecule has 2 aliphatic rings. The van der Waals surface area contributed by atoms with Crippen molar-refractivity contribution in [3.63, 3.8) is 0 Å². The molecular weight excluding hydrogens is 244 g/mol. The Kier molecular flexibility index (Phi) is 4.42. The molecule has 0 aromatic heterocycles. The molecule has 0 saturated heterocycles. The zero-order valence-electron chi connectivity index (χ0n) is 12.9. The molecular formula is C18H28N2. The molecule has 0 heterocycles. The molecule has 20 heavy (non-hydrogen) atoms. The molecule has 0 radical (unpaired) electrons. The smallest absolute Gasteiger partial charge is 0.0484 e. The molecule has 2 aliphatic carbocycles. The van der Waals surface area contributed by atoms with E-state index in [2.05, 4.69) is 48.3 Å². The van der Waals surface area contributed by atoms with Gasteiger partial charge in [0.1, 0.15) is 0 Å². The van der Waals surface area contributed by atoms with Crippen LogP contribution in [0.25, 0.3) is 0 Å². The van der Waals surface area contributed by atoms with Crippen LogP contribution in [0.3, 0.4) is 0 Å². The lowest BCUT2D eigenvalue weighted by Gasteiger charge is -2.37. The van der Waals surface area contributed by atoms with E-state index in [1.165, 1.54) is 44.2 Å². The topological polar surface area (TPSA) is 15.3 Å². The molecule has 2 heteroatoms. The minimum Gasteiger partial charge on any atom is -0.309 e. The van der Waals surface area contributed by atoms with Crippen LogP contribution >= 0.6 is 0 Å². The van der Waals surface area contributed by atoms with Gasteiger partial charge in [-0.15, -0.1) is 0 Å². The Hall–Kier alpha value is -0.860. The fraction of sp³-hybridized carbons (Fsp3) is 0.667. The molecule has 1 fully saturated rings. The molecule has 3 rings (SSSR count). The quantitative estimate of drug-likeness (QED) is 0.882. The summed E-state index contributed by atoms with van der Waals surface area (Å²) in [6.07, 6.45) is 6.87. The first-order chi connectivity index (χ1) is 9.85. The van der Waals surface area contributed by atoms with Crippen LogP contribution in [-0.4, -0.2) is 30.1 Å². The first kappa shape index (κ1) is 14.1. The predicted octanol–water partition coefficient (Wildman–Crippen LogP) is 3.53. The van der Waals surface area contributed by atoms with Crippen molar-refractivity contribution in [2.45, 2.75) is 64.1 Å². The van der Waals surface area contributed by atoms with Crippen LogP contribution in [0.15, 0.2) is 24.3 Å². The number of fused-ring (bicyclic) bond motifs is 1. The van der Waals surface area contributed by atoms with Gasteiger partial charge in [-0.2, -0.15) is 0 Å². The summed E-state index contributed by atoms with van der Waals surface area (Å²) in [5, 5.41) is 3.75. The van der Waals surface area contributed by atoms with E-state index in [0.717, 1.165) is 12.6 Å². The molecule has 0 spiro atoms. The molecule has 2 nitrogen and oxygen atoms in total. The van der Waals surface area contributed by atoms with Crippen molar-refractivity contribution in [3.8, 4) is 0 Å². The van der Waals surface area contributed by atoms with Crippen molar-refractivity contribution >= 4 is 0 Å². The number of rotatable bonds is 5. The fourth-order valence-electron chi connectivity index (χ4n) is 4.35. The Morgan fingerprint density at radius 1 is 1.15 bits per heavy atom. The van der Waals surface area contributed by atoms with E-state index in [9.17, 15) is 0 Å². The van der Waals surface area contributed by atoms with Gasteiger partial charge in [0.15, 0.2) is 0 Å². The standard InChI is InChI=1S/C18H28N2/c1-3-19-18-16-12-8-5-9-14(16)13-17(18)20(4-2)15-10-6-7-11-15/h5,8-9,12,15,17-19H,3-4,6-7,10-11,13H2,1-2H3. The highest BCUT2D eigenvalue weighted by molar-refractivity contribution is 5.37. The molecule has 0 amide bonds. The summed E-state index contributed by atoms with van der Waals surface area (Å²) in [5.74, 6) is 0. The lowest BCUT2D eigenvalue weighted by atomic mass is 10.0. The Morgan fingerprint density at radius 3 is 2.60 bits per heavy atom. The minimum absolute atomic E-state index is 0.525. The van der Waals surface area contributed by atoms with Crippen LogP contribution in [0.4, 0.5) is 0 Å². The average molecular weight is 272 g/mol. The van der Waals surface area contributed by atoms with Gasteiger partial charge in [0.05, 0.1) is 0 Å². The number of hydrogen-bond acceptors (Lipinski definition) is 2. The van der Waals surface area contributed by atoms with Gasteiger partial charge in [-0.05, 0) is 43.5 Å². The molecule has 2 atom stereocenters. The first-order valence-corrected chi connectivity index (χ1v) is 8.42. The minimum atomic E-state index is 0.525. The fourth-order valence-corrected chi connectivity index (χ4v) is 4.35. The average Bonchev–Trinajstić information content (AvgIpc) is 3.10. The Labute approximate surface area is 123 Å². The summed E-state index contributed by atoms with van der Waals surface area (Å²) in [6, 6.07) is 11.0. The number of nitrogens with one attached hydrogen (secondary N) is 1. The van der Waals surface area contributed by atoms with Crippen molar-refractivity contribution in [3.05, 3.63) is 35.4 Å². The Morgan fingerprint density at radius 2 is 1.90 bits per heavy atom. The van der Waals surface area contributed by atoms with Gasteiger partial charge in [-0.3, -0.25) is 4.90 Å². The van der Waals surface area contributed by atoms with Gasteiger partial charge in [0, 0.05) is 18.1 Å². The maximum atomic E-state index is 3.75. The molecule has 1 saturated carbocycles. The number of hydrogen-bond donors (Lipinski definition) is 1. The number of nitrogens with zero attached hydrogens (tertiary/aromatic N) is 1. The van der Waals surface area contributed by atoms with Crippen molar-refractivity contribution < 1.29 is 0 Å². The maximum absolute atomic E-state index is 3.75. The molecule has 0 aliphatic heterocycles. The SMILES string of the molecule is CCNC1c2ccccc2CC1N(CC)C1CCCC1. The van der Waals surface area contributed by atoms with E-state index in [-0.39, 0.29) is 0 Å². The van der Waals surface area contributed by atoms with Gasteiger partial charge in [-0.25, -0.2) is 0 Å². The van der Waals surface area contributed by atoms with E-state index in [4.69, 9.17) is 0 Å². The summed E-state index contributed by atoms with van der Waals surface area (Å²) in [5.41, 5.74) is 3.09. The third kappa shape index (κ3) is 2.51. The second-order valence-electron chi connectivity index (χ2n) is 6.27. The maximum Gasteiger partial charge on any atom is 0.0484 e. The van der Waals surface area contributed by atoms with Crippen molar-refractivity contribution in [2.24, 2.45) is 0 Å². The summed E-state index contributed by atoms with van der Waals surface area (Å²) < 4.78 is 0. The van der Waals surface area contributed by atoms with Crippen molar-refractivity contribution in [1.82, 2.24) is 10.2 Å². The van der Waals surface area contributed by atoms with Gasteiger partial charge in [0.25, 0.3) is 0 Å². The van der Waals surface area contributed by atoms with Gasteiger partial charge < -0.3 is 5.32 Å². The second-order valence-corrected chi connectivity index (χ2v) is 6.27. The Bertz CT molecular complexity index is 437. The lowest BCUT2D eigenvalue weighted by molar-refractivity contribution is 0.121. The van der Waals surface area contributed by atoms with E-state index < -0.39 is 0 Å². The van der Waals surface area contributed by atoms with Crippen molar-refractivity contribution in [1.29, 1.82) is 0 Å². The third-order valence-electron chi connectivity index (χ3n) is 5.21. The van der Waals surface area contributed by atoms with Crippen LogP contribution in [-0.2, 0) is 6.42 Å². The number of likely N-dealkylation sites (N-methyl/N-ethyl adjacent to an activating group) is 2. The molecule has 1 aromatic carbocycles. The molecule has 2 unspecified atom stereocenters. The summed E-state index contributed by atoms with van der Waals surface area (Å²) in [4.78, 5) is 2.79. The van der Waals surface area contributed by atoms with Crippen LogP contribution in [0.1, 0.15) is 56.7 Å². The largest absolute Gasteiger partial charge is 0.309 e. The van der Waals surface area contributed by atoms with Crippen LogP contribution in [0, 0.1) is 0 Å². The summed E-state index contributed by atoms with van der Waals surface area (Å²) >= 11 is 0. The predicted molar refractivity (Wildman–Crippen MR) is 85.0 cm³/mol. The highest BCUT2D eigenvalue weighted by atomic mass is 15.2. The van der Waals surface area contributed by atoms with E-state index in [0.29, 0.717) is 12.1 Å². The van der Waals surface area contributed by atoms with E-state index in [1.54, 1.807) is 5.56 Å². The van der Waals surface area contributed by atoms with Crippen LogP contribution < -0.4 is 5.32 Å². The van der Waals surface area contributed by atoms with Gasteiger partial charge >= 0.3 is 0 Å². The Balaban J connectivity index is 1.84. The molecule has 1 aromatic rings. The molecule has 0 bridgehead atoms. The third-order valence-corrected chi connectivity index (χ3v) is 5.21. The van der Waals surface area contributed by atoms with Crippen LogP contribution in [0.5, 0.6) is 0 Å². The molecule has 1 N–H and O–H groups in total. The summed E-state index contributed by atoms with van der Waals surface area (Å²) in [7, 11) is 0.